The van der Waals surface area contributed by atoms with Crippen LogP contribution in [-0.2, 0) is 23.7 Å². The van der Waals surface area contributed by atoms with Crippen LogP contribution in [0.1, 0.15) is 19.3 Å². The molecule has 1 fully saturated rings. The van der Waals surface area contributed by atoms with E-state index >= 15 is 0 Å². The van der Waals surface area contributed by atoms with Crippen molar-refractivity contribution in [2.75, 3.05) is 21.3 Å². The predicted molar refractivity (Wildman–Crippen MR) is 56.9 cm³/mol. The second-order valence-electron chi connectivity index (χ2n) is 4.02. The zero-order valence-corrected chi connectivity index (χ0v) is 10.0. The van der Waals surface area contributed by atoms with Gasteiger partial charge in [0.05, 0.1) is 6.10 Å². The van der Waals surface area contributed by atoms with Gasteiger partial charge in [0, 0.05) is 33.7 Å². The van der Waals surface area contributed by atoms with Crippen LogP contribution in [0.5, 0.6) is 0 Å². The molecule has 0 N–H and O–H groups in total. The SMILES string of the molecule is COC1CC(OC=O)CC(C(OC)OC)C1. The van der Waals surface area contributed by atoms with Crippen molar-refractivity contribution in [1.29, 1.82) is 0 Å². The summed E-state index contributed by atoms with van der Waals surface area (Å²) in [5, 5.41) is 0. The van der Waals surface area contributed by atoms with Gasteiger partial charge in [0.15, 0.2) is 6.29 Å². The molecule has 1 rings (SSSR count). The van der Waals surface area contributed by atoms with E-state index in [1.165, 1.54) is 0 Å². The van der Waals surface area contributed by atoms with Gasteiger partial charge >= 0.3 is 0 Å². The van der Waals surface area contributed by atoms with Gasteiger partial charge in [0.25, 0.3) is 6.47 Å². The Kier molecular flexibility index (Phi) is 5.73. The van der Waals surface area contributed by atoms with Gasteiger partial charge in [-0.25, -0.2) is 0 Å². The highest BCUT2D eigenvalue weighted by Gasteiger charge is 2.34. The molecule has 3 unspecified atom stereocenters. The fraction of sp³-hybridized carbons (Fsp3) is 0.909. The highest BCUT2D eigenvalue weighted by molar-refractivity contribution is 5.37. The Morgan fingerprint density at radius 3 is 2.19 bits per heavy atom. The molecule has 3 atom stereocenters. The normalized spacial score (nSPS) is 30.4. The minimum atomic E-state index is -0.268. The summed E-state index contributed by atoms with van der Waals surface area (Å²) in [6.45, 7) is 0.494. The van der Waals surface area contributed by atoms with Crippen LogP contribution in [-0.4, -0.2) is 46.3 Å². The molecule has 0 radical (unpaired) electrons. The van der Waals surface area contributed by atoms with Gasteiger partial charge < -0.3 is 18.9 Å². The second-order valence-corrected chi connectivity index (χ2v) is 4.02. The van der Waals surface area contributed by atoms with Crippen LogP contribution in [0.25, 0.3) is 0 Å². The van der Waals surface area contributed by atoms with Crippen LogP contribution in [0.15, 0.2) is 0 Å². The lowest BCUT2D eigenvalue weighted by Gasteiger charge is -2.35. The summed E-state index contributed by atoms with van der Waals surface area (Å²) >= 11 is 0. The number of hydrogen-bond donors (Lipinski definition) is 0. The molecule has 0 bridgehead atoms. The van der Waals surface area contributed by atoms with Crippen LogP contribution < -0.4 is 0 Å². The van der Waals surface area contributed by atoms with Crippen molar-refractivity contribution in [2.45, 2.75) is 37.8 Å². The van der Waals surface area contributed by atoms with Gasteiger partial charge in [-0.1, -0.05) is 0 Å². The Morgan fingerprint density at radius 2 is 1.69 bits per heavy atom. The van der Waals surface area contributed by atoms with Crippen molar-refractivity contribution in [3.05, 3.63) is 0 Å². The van der Waals surface area contributed by atoms with E-state index in [1.54, 1.807) is 21.3 Å². The maximum absolute atomic E-state index is 10.4. The van der Waals surface area contributed by atoms with Crippen LogP contribution in [0.3, 0.4) is 0 Å². The average Bonchev–Trinajstić information content (AvgIpc) is 2.31. The number of ether oxygens (including phenoxy) is 4. The van der Waals surface area contributed by atoms with E-state index in [1.807, 2.05) is 0 Å². The number of rotatable bonds is 6. The standard InChI is InChI=1S/C11H20O5/c1-13-9-4-8(11(14-2)15-3)5-10(6-9)16-7-12/h7-11H,4-6H2,1-3H3. The summed E-state index contributed by atoms with van der Waals surface area (Å²) in [5.41, 5.74) is 0. The Labute approximate surface area is 96.0 Å². The first-order chi connectivity index (χ1) is 7.74. The van der Waals surface area contributed by atoms with Crippen molar-refractivity contribution in [3.8, 4) is 0 Å². The molecule has 0 saturated heterocycles. The summed E-state index contributed by atoms with van der Waals surface area (Å²) in [6, 6.07) is 0. The van der Waals surface area contributed by atoms with Gasteiger partial charge in [0.2, 0.25) is 0 Å². The van der Waals surface area contributed by atoms with E-state index in [0.29, 0.717) is 6.47 Å². The Balaban J connectivity index is 2.58. The summed E-state index contributed by atoms with van der Waals surface area (Å²) < 4.78 is 20.8. The highest BCUT2D eigenvalue weighted by atomic mass is 16.7. The maximum Gasteiger partial charge on any atom is 0.293 e. The number of hydrogen-bond acceptors (Lipinski definition) is 5. The van der Waals surface area contributed by atoms with Gasteiger partial charge in [-0.3, -0.25) is 4.79 Å². The monoisotopic (exact) mass is 232 g/mol. The fourth-order valence-electron chi connectivity index (χ4n) is 2.34. The molecule has 0 amide bonds. The maximum atomic E-state index is 10.4. The first kappa shape index (κ1) is 13.4. The van der Waals surface area contributed by atoms with E-state index in [4.69, 9.17) is 18.9 Å². The van der Waals surface area contributed by atoms with Gasteiger partial charge in [-0.05, 0) is 12.8 Å². The molecule has 0 aromatic carbocycles. The molecule has 0 heterocycles. The Bertz CT molecular complexity index is 205. The third-order valence-electron chi connectivity index (χ3n) is 3.09. The summed E-state index contributed by atoms with van der Waals surface area (Å²) in [4.78, 5) is 10.4. The van der Waals surface area contributed by atoms with Crippen molar-refractivity contribution in [2.24, 2.45) is 5.92 Å². The minimum Gasteiger partial charge on any atom is -0.464 e. The van der Waals surface area contributed by atoms with E-state index in [-0.39, 0.29) is 24.4 Å². The molecular formula is C11H20O5. The van der Waals surface area contributed by atoms with Gasteiger partial charge in [-0.15, -0.1) is 0 Å². The third kappa shape index (κ3) is 3.43. The average molecular weight is 232 g/mol. The van der Waals surface area contributed by atoms with E-state index in [9.17, 15) is 4.79 Å². The quantitative estimate of drug-likeness (QED) is 0.504. The zero-order valence-electron chi connectivity index (χ0n) is 10.0. The molecule has 0 aromatic heterocycles. The molecule has 0 spiro atoms. The van der Waals surface area contributed by atoms with Crippen LogP contribution in [0, 0.1) is 5.92 Å². The van der Waals surface area contributed by atoms with Crippen LogP contribution in [0.4, 0.5) is 0 Å². The summed E-state index contributed by atoms with van der Waals surface area (Å²) in [5.74, 6) is 0.193. The van der Waals surface area contributed by atoms with Crippen molar-refractivity contribution < 1.29 is 23.7 Å². The molecule has 5 nitrogen and oxygen atoms in total. The van der Waals surface area contributed by atoms with Gasteiger partial charge in [-0.2, -0.15) is 0 Å². The summed E-state index contributed by atoms with van der Waals surface area (Å²) in [6.07, 6.45) is 2.08. The number of methoxy groups -OCH3 is 3. The molecule has 16 heavy (non-hydrogen) atoms. The highest BCUT2D eigenvalue weighted by Crippen LogP contribution is 2.31. The molecule has 1 saturated carbocycles. The topological polar surface area (TPSA) is 54.0 Å². The lowest BCUT2D eigenvalue weighted by atomic mass is 9.84. The lowest BCUT2D eigenvalue weighted by Crippen LogP contribution is -2.39. The molecule has 94 valence electrons. The van der Waals surface area contributed by atoms with Crippen molar-refractivity contribution >= 4 is 6.47 Å². The van der Waals surface area contributed by atoms with Crippen molar-refractivity contribution in [3.63, 3.8) is 0 Å². The predicted octanol–water partition coefficient (Wildman–Crippen LogP) is 0.962. The largest absolute Gasteiger partial charge is 0.464 e. The van der Waals surface area contributed by atoms with Crippen LogP contribution >= 0.6 is 0 Å². The first-order valence-corrected chi connectivity index (χ1v) is 5.42. The second kappa shape index (κ2) is 6.83. The Hall–Kier alpha value is -0.650. The smallest absolute Gasteiger partial charge is 0.293 e. The van der Waals surface area contributed by atoms with E-state index in [0.717, 1.165) is 19.3 Å². The zero-order chi connectivity index (χ0) is 12.0. The lowest BCUT2D eigenvalue weighted by molar-refractivity contribution is -0.170. The first-order valence-electron chi connectivity index (χ1n) is 5.42. The van der Waals surface area contributed by atoms with E-state index < -0.39 is 0 Å². The van der Waals surface area contributed by atoms with E-state index in [2.05, 4.69) is 0 Å². The molecular weight excluding hydrogens is 212 g/mol. The van der Waals surface area contributed by atoms with Gasteiger partial charge in [0.1, 0.15) is 6.10 Å². The molecule has 0 aromatic rings. The summed E-state index contributed by atoms with van der Waals surface area (Å²) in [7, 11) is 4.89. The molecule has 1 aliphatic rings. The number of carbonyl (C=O) groups excluding carboxylic acids is 1. The number of carbonyl (C=O) groups is 1. The fourth-order valence-corrected chi connectivity index (χ4v) is 2.34. The molecule has 5 heteroatoms. The van der Waals surface area contributed by atoms with Crippen molar-refractivity contribution in [1.82, 2.24) is 0 Å². The Morgan fingerprint density at radius 1 is 1.06 bits per heavy atom. The van der Waals surface area contributed by atoms with Crippen LogP contribution in [0.2, 0.25) is 0 Å². The molecule has 1 aliphatic carbocycles. The molecule has 0 aliphatic heterocycles. The third-order valence-corrected chi connectivity index (χ3v) is 3.09. The minimum absolute atomic E-state index is 0.0940.